The van der Waals surface area contributed by atoms with Gasteiger partial charge in [-0.1, -0.05) is 12.1 Å². The Morgan fingerprint density at radius 1 is 1.45 bits per heavy atom. The maximum atomic E-state index is 5.28. The van der Waals surface area contributed by atoms with Crippen LogP contribution in [0.3, 0.4) is 0 Å². The van der Waals surface area contributed by atoms with Crippen LogP contribution >= 0.6 is 11.3 Å². The molecule has 1 unspecified atom stereocenters. The van der Waals surface area contributed by atoms with Gasteiger partial charge in [0, 0.05) is 25.0 Å². The van der Waals surface area contributed by atoms with Crippen LogP contribution in [-0.4, -0.2) is 31.1 Å². The number of ether oxygens (including phenoxy) is 1. The third-order valence-corrected chi connectivity index (χ3v) is 4.32. The van der Waals surface area contributed by atoms with Crippen LogP contribution in [0.4, 0.5) is 5.13 Å². The number of nitrogens with one attached hydrogen (secondary N) is 1. The molecule has 0 amide bonds. The highest BCUT2D eigenvalue weighted by molar-refractivity contribution is 7.13. The molecule has 1 atom stereocenters. The Hall–Kier alpha value is -1.59. The Morgan fingerprint density at radius 2 is 2.25 bits per heavy atom. The minimum Gasteiger partial charge on any atom is -0.497 e. The zero-order chi connectivity index (χ0) is 14.5. The molecule has 0 aliphatic carbocycles. The number of aromatic nitrogens is 1. The quantitative estimate of drug-likeness (QED) is 0.885. The molecule has 0 fully saturated rings. The van der Waals surface area contributed by atoms with Crippen LogP contribution < -0.4 is 10.1 Å². The molecule has 1 aromatic carbocycles. The van der Waals surface area contributed by atoms with Gasteiger partial charge >= 0.3 is 0 Å². The van der Waals surface area contributed by atoms with E-state index in [0.29, 0.717) is 6.04 Å². The second-order valence-electron chi connectivity index (χ2n) is 4.76. The SMILES string of the molecule is CNc1nc(CN(C)C(C)c2cccc(OC)c2)cs1. The molecule has 4 nitrogen and oxygen atoms in total. The second kappa shape index (κ2) is 6.72. The van der Waals surface area contributed by atoms with Crippen molar-refractivity contribution in [3.63, 3.8) is 0 Å². The molecule has 0 saturated heterocycles. The van der Waals surface area contributed by atoms with Crippen LogP contribution in [0, 0.1) is 0 Å². The van der Waals surface area contributed by atoms with Gasteiger partial charge in [-0.2, -0.15) is 0 Å². The Labute approximate surface area is 124 Å². The lowest BCUT2D eigenvalue weighted by Crippen LogP contribution is -2.22. The third-order valence-electron chi connectivity index (χ3n) is 3.41. The fraction of sp³-hybridized carbons (Fsp3) is 0.400. The molecule has 0 aliphatic heterocycles. The number of thiazole rings is 1. The maximum absolute atomic E-state index is 5.28. The van der Waals surface area contributed by atoms with E-state index >= 15 is 0 Å². The first-order chi connectivity index (χ1) is 9.63. The molecule has 5 heteroatoms. The maximum Gasteiger partial charge on any atom is 0.182 e. The fourth-order valence-electron chi connectivity index (χ4n) is 2.04. The number of rotatable bonds is 6. The summed E-state index contributed by atoms with van der Waals surface area (Å²) >= 11 is 1.64. The second-order valence-corrected chi connectivity index (χ2v) is 5.62. The van der Waals surface area contributed by atoms with E-state index in [1.54, 1.807) is 18.4 Å². The molecule has 1 aromatic heterocycles. The lowest BCUT2D eigenvalue weighted by molar-refractivity contribution is 0.250. The van der Waals surface area contributed by atoms with E-state index in [1.165, 1.54) is 5.56 Å². The molecule has 20 heavy (non-hydrogen) atoms. The lowest BCUT2D eigenvalue weighted by Gasteiger charge is -2.24. The third kappa shape index (κ3) is 3.49. The molecule has 2 rings (SSSR count). The van der Waals surface area contributed by atoms with Crippen molar-refractivity contribution in [1.29, 1.82) is 0 Å². The van der Waals surface area contributed by atoms with E-state index in [-0.39, 0.29) is 0 Å². The largest absolute Gasteiger partial charge is 0.497 e. The highest BCUT2D eigenvalue weighted by Gasteiger charge is 2.14. The minimum atomic E-state index is 0.310. The molecule has 1 N–H and O–H groups in total. The topological polar surface area (TPSA) is 37.4 Å². The number of benzene rings is 1. The first-order valence-corrected chi connectivity index (χ1v) is 7.48. The molecule has 0 aliphatic rings. The highest BCUT2D eigenvalue weighted by atomic mass is 32.1. The summed E-state index contributed by atoms with van der Waals surface area (Å²) in [5.74, 6) is 0.897. The molecule has 2 aromatic rings. The van der Waals surface area contributed by atoms with Gasteiger partial charge in [-0.3, -0.25) is 4.90 Å². The Balaban J connectivity index is 2.05. The minimum absolute atomic E-state index is 0.310. The predicted octanol–water partition coefficient (Wildman–Crippen LogP) is 3.39. The number of anilines is 1. The zero-order valence-corrected chi connectivity index (χ0v) is 13.2. The summed E-state index contributed by atoms with van der Waals surface area (Å²) < 4.78 is 5.28. The summed E-state index contributed by atoms with van der Waals surface area (Å²) in [6, 6.07) is 8.52. The van der Waals surface area contributed by atoms with Crippen LogP contribution in [0.15, 0.2) is 29.6 Å². The van der Waals surface area contributed by atoms with Crippen molar-refractivity contribution in [2.75, 3.05) is 26.5 Å². The first-order valence-electron chi connectivity index (χ1n) is 6.60. The summed E-state index contributed by atoms with van der Waals surface area (Å²) in [7, 11) is 5.70. The molecule has 0 saturated carbocycles. The smallest absolute Gasteiger partial charge is 0.182 e. The predicted molar refractivity (Wildman–Crippen MR) is 84.5 cm³/mol. The van der Waals surface area contributed by atoms with Gasteiger partial charge in [-0.05, 0) is 31.7 Å². The Morgan fingerprint density at radius 3 is 2.90 bits per heavy atom. The van der Waals surface area contributed by atoms with Gasteiger partial charge in [0.15, 0.2) is 5.13 Å². The molecule has 0 spiro atoms. The molecule has 0 radical (unpaired) electrons. The monoisotopic (exact) mass is 291 g/mol. The molecule has 108 valence electrons. The van der Waals surface area contributed by atoms with Crippen molar-refractivity contribution in [2.24, 2.45) is 0 Å². The van der Waals surface area contributed by atoms with Crippen LogP contribution in [0.25, 0.3) is 0 Å². The lowest BCUT2D eigenvalue weighted by atomic mass is 10.1. The number of hydrogen-bond acceptors (Lipinski definition) is 5. The average Bonchev–Trinajstić information content (AvgIpc) is 2.94. The van der Waals surface area contributed by atoms with E-state index in [2.05, 4.69) is 46.7 Å². The average molecular weight is 291 g/mol. The van der Waals surface area contributed by atoms with Crippen molar-refractivity contribution < 1.29 is 4.74 Å². The number of methoxy groups -OCH3 is 1. The van der Waals surface area contributed by atoms with Crippen molar-refractivity contribution in [2.45, 2.75) is 19.5 Å². The summed E-state index contributed by atoms with van der Waals surface area (Å²) in [6.07, 6.45) is 0. The Kier molecular flexibility index (Phi) is 4.98. The standard InChI is InChI=1S/C15H21N3OS/c1-11(12-6-5-7-14(8-12)19-4)18(3)9-13-10-20-15(16-2)17-13/h5-8,10-11H,9H2,1-4H3,(H,16,17). The Bertz CT molecular complexity index is 556. The van der Waals surface area contributed by atoms with Gasteiger partial charge in [0.25, 0.3) is 0 Å². The van der Waals surface area contributed by atoms with Gasteiger partial charge in [-0.15, -0.1) is 11.3 Å². The van der Waals surface area contributed by atoms with Crippen molar-refractivity contribution >= 4 is 16.5 Å². The normalized spacial score (nSPS) is 12.4. The van der Waals surface area contributed by atoms with Crippen LogP contribution in [-0.2, 0) is 6.54 Å². The van der Waals surface area contributed by atoms with Gasteiger partial charge in [0.1, 0.15) is 5.75 Å². The van der Waals surface area contributed by atoms with Crippen LogP contribution in [0.1, 0.15) is 24.2 Å². The van der Waals surface area contributed by atoms with Crippen LogP contribution in [0.5, 0.6) is 5.75 Å². The van der Waals surface area contributed by atoms with Crippen molar-refractivity contribution in [1.82, 2.24) is 9.88 Å². The summed E-state index contributed by atoms with van der Waals surface area (Å²) in [6.45, 7) is 3.02. The molecule has 0 bridgehead atoms. The van der Waals surface area contributed by atoms with E-state index in [0.717, 1.165) is 23.1 Å². The van der Waals surface area contributed by atoms with E-state index < -0.39 is 0 Å². The van der Waals surface area contributed by atoms with Gasteiger partial charge < -0.3 is 10.1 Å². The van der Waals surface area contributed by atoms with E-state index in [9.17, 15) is 0 Å². The summed E-state index contributed by atoms with van der Waals surface area (Å²) in [5.41, 5.74) is 2.34. The summed E-state index contributed by atoms with van der Waals surface area (Å²) in [5, 5.41) is 6.13. The van der Waals surface area contributed by atoms with E-state index in [1.807, 2.05) is 19.2 Å². The molecular weight excluding hydrogens is 270 g/mol. The first kappa shape index (κ1) is 14.8. The van der Waals surface area contributed by atoms with Crippen LogP contribution in [0.2, 0.25) is 0 Å². The van der Waals surface area contributed by atoms with Gasteiger partial charge in [0.05, 0.1) is 12.8 Å². The fourth-order valence-corrected chi connectivity index (χ4v) is 2.71. The number of hydrogen-bond donors (Lipinski definition) is 1. The van der Waals surface area contributed by atoms with E-state index in [4.69, 9.17) is 4.74 Å². The van der Waals surface area contributed by atoms with Gasteiger partial charge in [-0.25, -0.2) is 4.98 Å². The van der Waals surface area contributed by atoms with Gasteiger partial charge in [0.2, 0.25) is 0 Å². The van der Waals surface area contributed by atoms with Crippen molar-refractivity contribution in [3.8, 4) is 5.75 Å². The molecular formula is C15H21N3OS. The molecule has 1 heterocycles. The van der Waals surface area contributed by atoms with Crippen molar-refractivity contribution in [3.05, 3.63) is 40.9 Å². The number of nitrogens with zero attached hydrogens (tertiary/aromatic N) is 2. The zero-order valence-electron chi connectivity index (χ0n) is 12.4. The summed E-state index contributed by atoms with van der Waals surface area (Å²) in [4.78, 5) is 6.80. The highest BCUT2D eigenvalue weighted by Crippen LogP contribution is 2.25.